The molecule has 5 heteroatoms. The van der Waals surface area contributed by atoms with Gasteiger partial charge in [0.2, 0.25) is 0 Å². The molecule has 0 atom stereocenters. The lowest BCUT2D eigenvalue weighted by atomic mass is 9.97. The zero-order chi connectivity index (χ0) is 13.5. The van der Waals surface area contributed by atoms with E-state index in [0.717, 1.165) is 18.9 Å². The number of fused-ring (bicyclic) bond motifs is 3. The summed E-state index contributed by atoms with van der Waals surface area (Å²) in [5.74, 6) is 4.57. The van der Waals surface area contributed by atoms with Crippen LogP contribution in [0, 0.1) is 6.92 Å². The Bertz CT molecular complexity index is 644. The lowest BCUT2D eigenvalue weighted by Gasteiger charge is -2.28. The first-order chi connectivity index (χ1) is 9.83. The van der Waals surface area contributed by atoms with Crippen molar-refractivity contribution >= 4 is 39.1 Å². The van der Waals surface area contributed by atoms with Crippen LogP contribution in [0.25, 0.3) is 10.2 Å². The van der Waals surface area contributed by atoms with Gasteiger partial charge < -0.3 is 4.90 Å². The predicted molar refractivity (Wildman–Crippen MR) is 88.3 cm³/mol. The summed E-state index contributed by atoms with van der Waals surface area (Å²) in [7, 11) is 0. The van der Waals surface area contributed by atoms with Gasteiger partial charge >= 0.3 is 0 Å². The summed E-state index contributed by atoms with van der Waals surface area (Å²) in [6.07, 6.45) is 5.12. The molecule has 2 aliphatic rings. The minimum absolute atomic E-state index is 0.921. The fourth-order valence-corrected chi connectivity index (χ4v) is 5.45. The summed E-state index contributed by atoms with van der Waals surface area (Å²) in [6.45, 7) is 4.28. The van der Waals surface area contributed by atoms with Crippen LogP contribution >= 0.6 is 23.1 Å². The van der Waals surface area contributed by atoms with Crippen LogP contribution in [0.5, 0.6) is 0 Å². The summed E-state index contributed by atoms with van der Waals surface area (Å²) in [5.41, 5.74) is 1.56. The highest BCUT2D eigenvalue weighted by molar-refractivity contribution is 7.99. The molecule has 0 amide bonds. The highest BCUT2D eigenvalue weighted by Crippen LogP contribution is 2.40. The highest BCUT2D eigenvalue weighted by atomic mass is 32.2. The number of aromatic nitrogens is 2. The van der Waals surface area contributed by atoms with Gasteiger partial charge in [0, 0.05) is 29.5 Å². The molecule has 2 aromatic rings. The third-order valence-corrected chi connectivity index (χ3v) is 6.35. The second kappa shape index (κ2) is 5.19. The third-order valence-electron chi connectivity index (χ3n) is 4.22. The van der Waals surface area contributed by atoms with Crippen molar-refractivity contribution in [3.8, 4) is 0 Å². The highest BCUT2D eigenvalue weighted by Gasteiger charge is 2.24. The van der Waals surface area contributed by atoms with Gasteiger partial charge in [-0.25, -0.2) is 9.97 Å². The standard InChI is InChI=1S/C15H19N3S2/c1-10-16-14(18-6-8-19-9-7-18)13-11-4-2-3-5-12(11)20-15(13)17-10/h2-9H2,1H3. The molecule has 20 heavy (non-hydrogen) atoms. The minimum Gasteiger partial charge on any atom is -0.354 e. The molecule has 0 unspecified atom stereocenters. The van der Waals surface area contributed by atoms with E-state index in [-0.39, 0.29) is 0 Å². The van der Waals surface area contributed by atoms with E-state index in [1.54, 1.807) is 10.4 Å². The molecule has 0 spiro atoms. The lowest BCUT2D eigenvalue weighted by Crippen LogP contribution is -2.33. The van der Waals surface area contributed by atoms with E-state index in [1.165, 1.54) is 53.2 Å². The van der Waals surface area contributed by atoms with Gasteiger partial charge in [-0.3, -0.25) is 0 Å². The Morgan fingerprint density at radius 2 is 1.85 bits per heavy atom. The predicted octanol–water partition coefficient (Wildman–Crippen LogP) is 3.43. The first-order valence-electron chi connectivity index (χ1n) is 7.44. The summed E-state index contributed by atoms with van der Waals surface area (Å²) in [5, 5.41) is 1.38. The molecule has 0 saturated carbocycles. The molecule has 1 aliphatic carbocycles. The maximum atomic E-state index is 4.82. The average Bonchev–Trinajstić information content (AvgIpc) is 2.85. The van der Waals surface area contributed by atoms with Crippen molar-refractivity contribution in [1.82, 2.24) is 9.97 Å². The number of anilines is 1. The molecular formula is C15H19N3S2. The molecule has 3 heterocycles. The number of thioether (sulfide) groups is 1. The van der Waals surface area contributed by atoms with Crippen LogP contribution in [0.3, 0.4) is 0 Å². The van der Waals surface area contributed by atoms with E-state index in [1.807, 2.05) is 18.3 Å². The molecule has 0 bridgehead atoms. The van der Waals surface area contributed by atoms with Gasteiger partial charge in [-0.15, -0.1) is 11.3 Å². The Kier molecular flexibility index (Phi) is 3.34. The Balaban J connectivity index is 1.91. The number of thiophene rings is 1. The Hall–Kier alpha value is -0.810. The van der Waals surface area contributed by atoms with Gasteiger partial charge in [0.05, 0.1) is 5.39 Å². The normalized spacial score (nSPS) is 19.4. The van der Waals surface area contributed by atoms with Gasteiger partial charge in [-0.05, 0) is 38.2 Å². The third kappa shape index (κ3) is 2.11. The SMILES string of the molecule is Cc1nc(N2CCSCC2)c2c3c(sc2n1)CCCC3. The average molecular weight is 305 g/mol. The number of nitrogens with zero attached hydrogens (tertiary/aromatic N) is 3. The smallest absolute Gasteiger partial charge is 0.141 e. The first-order valence-corrected chi connectivity index (χ1v) is 9.41. The topological polar surface area (TPSA) is 29.0 Å². The van der Waals surface area contributed by atoms with Crippen LogP contribution in [-0.4, -0.2) is 34.6 Å². The fourth-order valence-electron chi connectivity index (χ4n) is 3.25. The zero-order valence-corrected chi connectivity index (χ0v) is 13.4. The molecule has 1 fully saturated rings. The fraction of sp³-hybridized carbons (Fsp3) is 0.600. The summed E-state index contributed by atoms with van der Waals surface area (Å²) < 4.78 is 0. The van der Waals surface area contributed by atoms with Crippen LogP contribution in [-0.2, 0) is 12.8 Å². The van der Waals surface area contributed by atoms with E-state index < -0.39 is 0 Å². The maximum Gasteiger partial charge on any atom is 0.141 e. The van der Waals surface area contributed by atoms with Gasteiger partial charge in [0.25, 0.3) is 0 Å². The number of hydrogen-bond donors (Lipinski definition) is 0. The second-order valence-corrected chi connectivity index (χ2v) is 7.89. The minimum atomic E-state index is 0.921. The van der Waals surface area contributed by atoms with E-state index >= 15 is 0 Å². The van der Waals surface area contributed by atoms with Crippen molar-refractivity contribution < 1.29 is 0 Å². The van der Waals surface area contributed by atoms with E-state index in [0.29, 0.717) is 0 Å². The molecular weight excluding hydrogens is 286 g/mol. The quantitative estimate of drug-likeness (QED) is 0.807. The molecule has 1 aliphatic heterocycles. The number of aryl methyl sites for hydroxylation is 3. The van der Waals surface area contributed by atoms with E-state index in [4.69, 9.17) is 9.97 Å². The van der Waals surface area contributed by atoms with Crippen LogP contribution in [0.4, 0.5) is 5.82 Å². The van der Waals surface area contributed by atoms with Gasteiger partial charge in [0.1, 0.15) is 16.5 Å². The van der Waals surface area contributed by atoms with E-state index in [2.05, 4.69) is 16.7 Å². The van der Waals surface area contributed by atoms with Gasteiger partial charge in [-0.2, -0.15) is 11.8 Å². The zero-order valence-electron chi connectivity index (χ0n) is 11.8. The summed E-state index contributed by atoms with van der Waals surface area (Å²) in [6, 6.07) is 0. The van der Waals surface area contributed by atoms with E-state index in [9.17, 15) is 0 Å². The lowest BCUT2D eigenvalue weighted by molar-refractivity contribution is 0.700. The van der Waals surface area contributed by atoms with Crippen molar-refractivity contribution in [2.75, 3.05) is 29.5 Å². The molecule has 4 rings (SSSR count). The monoisotopic (exact) mass is 305 g/mol. The largest absolute Gasteiger partial charge is 0.354 e. The molecule has 3 nitrogen and oxygen atoms in total. The van der Waals surface area contributed by atoms with Crippen molar-refractivity contribution in [1.29, 1.82) is 0 Å². The molecule has 1 saturated heterocycles. The van der Waals surface area contributed by atoms with Crippen molar-refractivity contribution in [2.24, 2.45) is 0 Å². The summed E-state index contributed by atoms with van der Waals surface area (Å²) >= 11 is 3.96. The number of hydrogen-bond acceptors (Lipinski definition) is 5. The van der Waals surface area contributed by atoms with Crippen molar-refractivity contribution in [2.45, 2.75) is 32.6 Å². The van der Waals surface area contributed by atoms with Gasteiger partial charge in [-0.1, -0.05) is 0 Å². The molecule has 0 aromatic carbocycles. The van der Waals surface area contributed by atoms with Gasteiger partial charge in [0.15, 0.2) is 0 Å². The molecule has 0 N–H and O–H groups in total. The Morgan fingerprint density at radius 3 is 2.70 bits per heavy atom. The molecule has 0 radical (unpaired) electrons. The summed E-state index contributed by atoms with van der Waals surface area (Å²) in [4.78, 5) is 14.8. The Morgan fingerprint density at radius 1 is 1.05 bits per heavy atom. The maximum absolute atomic E-state index is 4.82. The first kappa shape index (κ1) is 12.9. The van der Waals surface area contributed by atoms with Crippen molar-refractivity contribution in [3.63, 3.8) is 0 Å². The van der Waals surface area contributed by atoms with Crippen LogP contribution in [0.2, 0.25) is 0 Å². The molecule has 106 valence electrons. The Labute approximate surface area is 127 Å². The van der Waals surface area contributed by atoms with Crippen LogP contribution < -0.4 is 4.90 Å². The number of rotatable bonds is 1. The van der Waals surface area contributed by atoms with Crippen LogP contribution in [0.1, 0.15) is 29.1 Å². The second-order valence-electron chi connectivity index (χ2n) is 5.58. The molecule has 2 aromatic heterocycles. The van der Waals surface area contributed by atoms with Crippen LogP contribution in [0.15, 0.2) is 0 Å². The van der Waals surface area contributed by atoms with Crippen molar-refractivity contribution in [3.05, 3.63) is 16.3 Å².